The highest BCUT2D eigenvalue weighted by atomic mass is 79.9. The van der Waals surface area contributed by atoms with E-state index in [1.807, 2.05) is 12.1 Å². The molecule has 0 aromatic heterocycles. The van der Waals surface area contributed by atoms with Gasteiger partial charge in [0.1, 0.15) is 11.4 Å². The van der Waals surface area contributed by atoms with Gasteiger partial charge in [-0.25, -0.2) is 0 Å². The monoisotopic (exact) mass is 318 g/mol. The van der Waals surface area contributed by atoms with Crippen LogP contribution in [0.2, 0.25) is 0 Å². The van der Waals surface area contributed by atoms with E-state index in [4.69, 9.17) is 4.74 Å². The smallest absolute Gasteiger partial charge is 0.120 e. The van der Waals surface area contributed by atoms with Crippen molar-refractivity contribution in [2.45, 2.75) is 32.8 Å². The van der Waals surface area contributed by atoms with Crippen LogP contribution in [-0.4, -0.2) is 5.60 Å². The topological polar surface area (TPSA) is 9.23 Å². The molecule has 0 N–H and O–H groups in total. The summed E-state index contributed by atoms with van der Waals surface area (Å²) >= 11 is 3.45. The van der Waals surface area contributed by atoms with Gasteiger partial charge in [-0.1, -0.05) is 47.1 Å². The summed E-state index contributed by atoms with van der Waals surface area (Å²) in [5.74, 6) is 0.924. The Morgan fingerprint density at radius 1 is 0.895 bits per heavy atom. The zero-order valence-corrected chi connectivity index (χ0v) is 13.2. The first-order chi connectivity index (χ1) is 9.00. The average molecular weight is 319 g/mol. The van der Waals surface area contributed by atoms with Crippen LogP contribution in [0.25, 0.3) is 11.1 Å². The Morgan fingerprint density at radius 2 is 1.37 bits per heavy atom. The van der Waals surface area contributed by atoms with Crippen LogP contribution in [0.1, 0.15) is 27.2 Å². The van der Waals surface area contributed by atoms with E-state index < -0.39 is 0 Å². The Balaban J connectivity index is 2.16. The second kappa shape index (κ2) is 5.79. The Kier molecular flexibility index (Phi) is 4.31. The van der Waals surface area contributed by atoms with Crippen molar-refractivity contribution in [2.75, 3.05) is 0 Å². The van der Waals surface area contributed by atoms with Crippen molar-refractivity contribution in [1.29, 1.82) is 0 Å². The van der Waals surface area contributed by atoms with Crippen LogP contribution in [0, 0.1) is 0 Å². The quantitative estimate of drug-likeness (QED) is 0.704. The van der Waals surface area contributed by atoms with Gasteiger partial charge in [0, 0.05) is 4.47 Å². The van der Waals surface area contributed by atoms with E-state index in [1.54, 1.807) is 0 Å². The van der Waals surface area contributed by atoms with Gasteiger partial charge in [-0.2, -0.15) is 0 Å². The molecule has 0 aliphatic carbocycles. The van der Waals surface area contributed by atoms with Crippen LogP contribution in [0.4, 0.5) is 0 Å². The fourth-order valence-corrected chi connectivity index (χ4v) is 2.01. The van der Waals surface area contributed by atoms with Gasteiger partial charge in [0.15, 0.2) is 0 Å². The highest BCUT2D eigenvalue weighted by Gasteiger charge is 2.16. The number of hydrogen-bond donors (Lipinski definition) is 0. The fraction of sp³-hybridized carbons (Fsp3) is 0.294. The zero-order chi connectivity index (χ0) is 13.9. The summed E-state index contributed by atoms with van der Waals surface area (Å²) in [6.45, 7) is 6.35. The molecular formula is C17H19BrO. The molecule has 1 nitrogen and oxygen atoms in total. The van der Waals surface area contributed by atoms with E-state index in [-0.39, 0.29) is 5.60 Å². The van der Waals surface area contributed by atoms with Crippen LogP contribution < -0.4 is 4.74 Å². The van der Waals surface area contributed by atoms with Crippen molar-refractivity contribution in [1.82, 2.24) is 0 Å². The van der Waals surface area contributed by atoms with Crippen LogP contribution in [0.3, 0.4) is 0 Å². The average Bonchev–Trinajstić information content (AvgIpc) is 2.40. The summed E-state index contributed by atoms with van der Waals surface area (Å²) in [7, 11) is 0. The van der Waals surface area contributed by atoms with E-state index in [1.165, 1.54) is 11.1 Å². The van der Waals surface area contributed by atoms with E-state index in [9.17, 15) is 0 Å². The van der Waals surface area contributed by atoms with Crippen molar-refractivity contribution in [3.8, 4) is 16.9 Å². The summed E-state index contributed by atoms with van der Waals surface area (Å²) < 4.78 is 7.05. The Morgan fingerprint density at radius 3 is 1.84 bits per heavy atom. The van der Waals surface area contributed by atoms with Crippen molar-refractivity contribution < 1.29 is 4.74 Å². The molecule has 0 bridgehead atoms. The van der Waals surface area contributed by atoms with Gasteiger partial charge in [-0.3, -0.25) is 0 Å². The third kappa shape index (κ3) is 3.84. The number of rotatable bonds is 4. The molecular weight excluding hydrogens is 300 g/mol. The Labute approximate surface area is 123 Å². The van der Waals surface area contributed by atoms with Gasteiger partial charge in [0.05, 0.1) is 0 Å². The molecule has 0 amide bonds. The molecule has 0 unspecified atom stereocenters. The second-order valence-corrected chi connectivity index (χ2v) is 6.16. The van der Waals surface area contributed by atoms with Crippen LogP contribution in [0.15, 0.2) is 53.0 Å². The summed E-state index contributed by atoms with van der Waals surface area (Å²) in [5.41, 5.74) is 2.30. The molecule has 0 saturated carbocycles. The fourth-order valence-electron chi connectivity index (χ4n) is 1.75. The number of ether oxygens (including phenoxy) is 1. The first-order valence-corrected chi connectivity index (χ1v) is 7.34. The molecule has 0 radical (unpaired) electrons. The first-order valence-electron chi connectivity index (χ1n) is 6.55. The zero-order valence-electron chi connectivity index (χ0n) is 11.6. The van der Waals surface area contributed by atoms with Crippen molar-refractivity contribution in [2.24, 2.45) is 0 Å². The molecule has 2 rings (SSSR count). The molecule has 100 valence electrons. The maximum Gasteiger partial charge on any atom is 0.120 e. The molecule has 0 spiro atoms. The third-order valence-corrected chi connectivity index (χ3v) is 3.81. The molecule has 19 heavy (non-hydrogen) atoms. The minimum Gasteiger partial charge on any atom is -0.488 e. The lowest BCUT2D eigenvalue weighted by Crippen LogP contribution is -2.26. The summed E-state index contributed by atoms with van der Waals surface area (Å²) in [6.07, 6.45) is 0.988. The van der Waals surface area contributed by atoms with Gasteiger partial charge < -0.3 is 4.74 Å². The lowest BCUT2D eigenvalue weighted by atomic mass is 10.0. The summed E-state index contributed by atoms with van der Waals surface area (Å²) in [4.78, 5) is 0. The van der Waals surface area contributed by atoms with E-state index in [0.717, 1.165) is 16.6 Å². The van der Waals surface area contributed by atoms with Gasteiger partial charge >= 0.3 is 0 Å². The SMILES string of the molecule is CCC(C)(C)Oc1ccc(-c2ccc(Br)cc2)cc1. The Bertz CT molecular complexity index is 526. The summed E-state index contributed by atoms with van der Waals surface area (Å²) in [6, 6.07) is 16.6. The molecule has 2 heteroatoms. The van der Waals surface area contributed by atoms with E-state index in [0.29, 0.717) is 0 Å². The Hall–Kier alpha value is -1.28. The minimum absolute atomic E-state index is 0.112. The maximum absolute atomic E-state index is 5.95. The molecule has 0 heterocycles. The normalized spacial score (nSPS) is 11.4. The van der Waals surface area contributed by atoms with E-state index in [2.05, 4.69) is 73.1 Å². The predicted molar refractivity (Wildman–Crippen MR) is 84.6 cm³/mol. The van der Waals surface area contributed by atoms with Crippen molar-refractivity contribution in [3.05, 3.63) is 53.0 Å². The number of hydrogen-bond acceptors (Lipinski definition) is 1. The molecule has 2 aromatic rings. The van der Waals surface area contributed by atoms with E-state index >= 15 is 0 Å². The molecule has 0 saturated heterocycles. The van der Waals surface area contributed by atoms with Crippen LogP contribution >= 0.6 is 15.9 Å². The first kappa shape index (κ1) is 14.1. The maximum atomic E-state index is 5.95. The molecule has 2 aromatic carbocycles. The van der Waals surface area contributed by atoms with Gasteiger partial charge in [0.25, 0.3) is 0 Å². The highest BCUT2D eigenvalue weighted by molar-refractivity contribution is 9.10. The third-order valence-electron chi connectivity index (χ3n) is 3.28. The highest BCUT2D eigenvalue weighted by Crippen LogP contribution is 2.26. The molecule has 0 fully saturated rings. The van der Waals surface area contributed by atoms with Gasteiger partial charge in [0.2, 0.25) is 0 Å². The largest absolute Gasteiger partial charge is 0.488 e. The second-order valence-electron chi connectivity index (χ2n) is 5.25. The van der Waals surface area contributed by atoms with Crippen LogP contribution in [0.5, 0.6) is 5.75 Å². The number of halogens is 1. The lowest BCUT2D eigenvalue weighted by molar-refractivity contribution is 0.105. The molecule has 0 atom stereocenters. The van der Waals surface area contributed by atoms with Crippen molar-refractivity contribution >= 4 is 15.9 Å². The molecule has 0 aliphatic rings. The standard InChI is InChI=1S/C17H19BrO/c1-4-17(2,3)19-16-11-7-14(8-12-16)13-5-9-15(18)10-6-13/h5-12H,4H2,1-3H3. The summed E-state index contributed by atoms with van der Waals surface area (Å²) in [5, 5.41) is 0. The number of benzene rings is 2. The minimum atomic E-state index is -0.112. The van der Waals surface area contributed by atoms with Gasteiger partial charge in [-0.15, -0.1) is 0 Å². The predicted octanol–water partition coefficient (Wildman–Crippen LogP) is 5.68. The molecule has 0 aliphatic heterocycles. The van der Waals surface area contributed by atoms with Crippen LogP contribution in [-0.2, 0) is 0 Å². The lowest BCUT2D eigenvalue weighted by Gasteiger charge is -2.24. The van der Waals surface area contributed by atoms with Gasteiger partial charge in [-0.05, 0) is 55.7 Å². The van der Waals surface area contributed by atoms with Crippen molar-refractivity contribution in [3.63, 3.8) is 0 Å².